The standard InChI is InChI=1S/C27H22F4N4O/c1-15-4-5-20(28)11-21(15)22-14-33-23(9-16(22)2)26(36)35-13-18-8-17(3)25(34-12-18)19-6-7-32-24(10-19)27(29,30)31/h4-12,14H,13H2,1-3H3,(H,35,36). The van der Waals surface area contributed by atoms with E-state index in [9.17, 15) is 22.4 Å². The smallest absolute Gasteiger partial charge is 0.347 e. The van der Waals surface area contributed by atoms with Crippen molar-refractivity contribution in [2.45, 2.75) is 33.5 Å². The predicted molar refractivity (Wildman–Crippen MR) is 127 cm³/mol. The number of nitrogens with one attached hydrogen (secondary N) is 1. The van der Waals surface area contributed by atoms with Crippen LogP contribution in [-0.2, 0) is 12.7 Å². The van der Waals surface area contributed by atoms with Gasteiger partial charge in [-0.1, -0.05) is 12.1 Å². The average molecular weight is 494 g/mol. The third-order valence-electron chi connectivity index (χ3n) is 5.75. The first-order chi connectivity index (χ1) is 17.0. The van der Waals surface area contributed by atoms with Crippen molar-refractivity contribution >= 4 is 5.91 Å². The van der Waals surface area contributed by atoms with Crippen LogP contribution in [0.3, 0.4) is 0 Å². The molecule has 3 aromatic heterocycles. The van der Waals surface area contributed by atoms with E-state index in [1.807, 2.05) is 13.8 Å². The Morgan fingerprint density at radius 2 is 1.64 bits per heavy atom. The van der Waals surface area contributed by atoms with E-state index >= 15 is 0 Å². The van der Waals surface area contributed by atoms with E-state index < -0.39 is 17.8 Å². The molecule has 36 heavy (non-hydrogen) atoms. The second-order valence-corrected chi connectivity index (χ2v) is 8.46. The van der Waals surface area contributed by atoms with E-state index in [1.54, 1.807) is 31.3 Å². The molecule has 1 N–H and O–H groups in total. The zero-order chi connectivity index (χ0) is 26.0. The summed E-state index contributed by atoms with van der Waals surface area (Å²) in [5.74, 6) is -0.747. The Hall–Kier alpha value is -4.14. The SMILES string of the molecule is Cc1cc(C(=O)NCc2cnc(-c3ccnc(C(F)(F)F)c3)c(C)c2)ncc1-c1cc(F)ccc1C. The highest BCUT2D eigenvalue weighted by Crippen LogP contribution is 2.31. The van der Waals surface area contributed by atoms with Gasteiger partial charge in [0.2, 0.25) is 0 Å². The number of alkyl halides is 3. The normalized spacial score (nSPS) is 11.4. The summed E-state index contributed by atoms with van der Waals surface area (Å²) in [6.07, 6.45) is -0.390. The van der Waals surface area contributed by atoms with E-state index in [0.717, 1.165) is 29.0 Å². The lowest BCUT2D eigenvalue weighted by Crippen LogP contribution is -2.24. The molecule has 0 spiro atoms. The Morgan fingerprint density at radius 3 is 2.33 bits per heavy atom. The van der Waals surface area contributed by atoms with Crippen LogP contribution in [0.15, 0.2) is 61.1 Å². The molecule has 0 aliphatic rings. The van der Waals surface area contributed by atoms with E-state index in [0.29, 0.717) is 27.9 Å². The molecular formula is C27H22F4N4O. The Labute approximate surface area is 205 Å². The van der Waals surface area contributed by atoms with Crippen molar-refractivity contribution in [3.05, 3.63) is 101 Å². The number of carbonyl (C=O) groups is 1. The van der Waals surface area contributed by atoms with E-state index in [1.165, 1.54) is 24.4 Å². The molecule has 0 unspecified atom stereocenters. The topological polar surface area (TPSA) is 67.8 Å². The summed E-state index contributed by atoms with van der Waals surface area (Å²) in [6, 6.07) is 10.3. The molecule has 0 fully saturated rings. The van der Waals surface area contributed by atoms with Crippen LogP contribution < -0.4 is 5.32 Å². The van der Waals surface area contributed by atoms with Crippen molar-refractivity contribution in [2.24, 2.45) is 0 Å². The molecule has 1 amide bonds. The van der Waals surface area contributed by atoms with Crippen LogP contribution in [0.4, 0.5) is 17.6 Å². The third kappa shape index (κ3) is 5.40. The number of halogens is 4. The molecule has 3 heterocycles. The molecule has 4 rings (SSSR count). The minimum atomic E-state index is -4.55. The molecule has 0 saturated carbocycles. The van der Waals surface area contributed by atoms with Crippen LogP contribution in [0, 0.1) is 26.6 Å². The predicted octanol–water partition coefficient (Wildman–Crippen LogP) is 6.22. The highest BCUT2D eigenvalue weighted by Gasteiger charge is 2.32. The molecule has 1 aromatic carbocycles. The number of nitrogens with zero attached hydrogens (tertiary/aromatic N) is 3. The lowest BCUT2D eigenvalue weighted by molar-refractivity contribution is -0.141. The summed E-state index contributed by atoms with van der Waals surface area (Å²) in [7, 11) is 0. The third-order valence-corrected chi connectivity index (χ3v) is 5.75. The van der Waals surface area contributed by atoms with E-state index in [-0.39, 0.29) is 18.1 Å². The zero-order valence-electron chi connectivity index (χ0n) is 19.7. The van der Waals surface area contributed by atoms with Crippen molar-refractivity contribution in [3.63, 3.8) is 0 Å². The van der Waals surface area contributed by atoms with Gasteiger partial charge >= 0.3 is 6.18 Å². The van der Waals surface area contributed by atoms with Crippen molar-refractivity contribution < 1.29 is 22.4 Å². The highest BCUT2D eigenvalue weighted by atomic mass is 19.4. The lowest BCUT2D eigenvalue weighted by atomic mass is 9.98. The van der Waals surface area contributed by atoms with Gasteiger partial charge in [-0.05, 0) is 78.9 Å². The van der Waals surface area contributed by atoms with Crippen molar-refractivity contribution in [3.8, 4) is 22.4 Å². The first-order valence-electron chi connectivity index (χ1n) is 11.0. The van der Waals surface area contributed by atoms with Crippen molar-refractivity contribution in [1.29, 1.82) is 0 Å². The first kappa shape index (κ1) is 25.0. The molecule has 5 nitrogen and oxygen atoms in total. The minimum absolute atomic E-state index is 0.155. The fourth-order valence-electron chi connectivity index (χ4n) is 3.88. The first-order valence-corrected chi connectivity index (χ1v) is 11.0. The average Bonchev–Trinajstić information content (AvgIpc) is 2.83. The molecule has 0 aliphatic carbocycles. The summed E-state index contributed by atoms with van der Waals surface area (Å²) in [5, 5.41) is 2.78. The van der Waals surface area contributed by atoms with Crippen LogP contribution in [0.25, 0.3) is 22.4 Å². The van der Waals surface area contributed by atoms with Gasteiger partial charge in [-0.25, -0.2) is 4.39 Å². The van der Waals surface area contributed by atoms with Gasteiger partial charge in [0, 0.05) is 36.3 Å². The second-order valence-electron chi connectivity index (χ2n) is 8.46. The van der Waals surface area contributed by atoms with Crippen LogP contribution in [0.5, 0.6) is 0 Å². The molecule has 0 radical (unpaired) electrons. The molecule has 0 aliphatic heterocycles. The van der Waals surface area contributed by atoms with Crippen LogP contribution in [0.2, 0.25) is 0 Å². The minimum Gasteiger partial charge on any atom is -0.347 e. The quantitative estimate of drug-likeness (QED) is 0.335. The van der Waals surface area contributed by atoms with Gasteiger partial charge in [0.25, 0.3) is 5.91 Å². The van der Waals surface area contributed by atoms with Gasteiger partial charge in [0.05, 0.1) is 5.69 Å². The Bertz CT molecular complexity index is 1450. The Morgan fingerprint density at radius 1 is 0.861 bits per heavy atom. The monoisotopic (exact) mass is 494 g/mol. The summed E-state index contributed by atoms with van der Waals surface area (Å²) in [4.78, 5) is 24.6. The number of aromatic nitrogens is 3. The highest BCUT2D eigenvalue weighted by molar-refractivity contribution is 5.93. The molecule has 0 saturated heterocycles. The number of benzene rings is 1. The Balaban J connectivity index is 1.47. The molecule has 0 bridgehead atoms. The number of amides is 1. The summed E-state index contributed by atoms with van der Waals surface area (Å²) in [5.41, 5.74) is 4.39. The number of hydrogen-bond acceptors (Lipinski definition) is 4. The van der Waals surface area contributed by atoms with E-state index in [2.05, 4.69) is 20.3 Å². The lowest BCUT2D eigenvalue weighted by Gasteiger charge is -2.12. The van der Waals surface area contributed by atoms with Crippen molar-refractivity contribution in [1.82, 2.24) is 20.3 Å². The maximum Gasteiger partial charge on any atom is 0.433 e. The van der Waals surface area contributed by atoms with Crippen LogP contribution in [0.1, 0.15) is 38.4 Å². The summed E-state index contributed by atoms with van der Waals surface area (Å²) < 4.78 is 52.7. The fraction of sp³-hybridized carbons (Fsp3) is 0.185. The number of aryl methyl sites for hydroxylation is 3. The zero-order valence-corrected chi connectivity index (χ0v) is 19.7. The maximum absolute atomic E-state index is 13.7. The maximum atomic E-state index is 13.7. The number of rotatable bonds is 5. The van der Waals surface area contributed by atoms with Gasteiger partial charge in [-0.15, -0.1) is 0 Å². The number of hydrogen-bond donors (Lipinski definition) is 1. The molecule has 9 heteroatoms. The van der Waals surface area contributed by atoms with Gasteiger partial charge in [0.15, 0.2) is 0 Å². The van der Waals surface area contributed by atoms with Gasteiger partial charge in [0.1, 0.15) is 17.2 Å². The number of pyridine rings is 3. The van der Waals surface area contributed by atoms with Gasteiger partial charge < -0.3 is 5.32 Å². The largest absolute Gasteiger partial charge is 0.433 e. The molecule has 0 atom stereocenters. The molecule has 184 valence electrons. The second kappa shape index (κ2) is 9.85. The van der Waals surface area contributed by atoms with Crippen LogP contribution >= 0.6 is 0 Å². The summed E-state index contributed by atoms with van der Waals surface area (Å²) in [6.45, 7) is 5.59. The molecular weight excluding hydrogens is 472 g/mol. The molecule has 4 aromatic rings. The number of carbonyl (C=O) groups excluding carboxylic acids is 1. The summed E-state index contributed by atoms with van der Waals surface area (Å²) >= 11 is 0. The van der Waals surface area contributed by atoms with E-state index in [4.69, 9.17) is 0 Å². The van der Waals surface area contributed by atoms with Crippen molar-refractivity contribution in [2.75, 3.05) is 0 Å². The van der Waals surface area contributed by atoms with Crippen LogP contribution in [-0.4, -0.2) is 20.9 Å². The van der Waals surface area contributed by atoms with Gasteiger partial charge in [-0.2, -0.15) is 13.2 Å². The van der Waals surface area contributed by atoms with Gasteiger partial charge in [-0.3, -0.25) is 19.7 Å². The Kier molecular flexibility index (Phi) is 6.83. The fourth-order valence-corrected chi connectivity index (χ4v) is 3.88.